The second kappa shape index (κ2) is 6.15. The van der Waals surface area contributed by atoms with Gasteiger partial charge in [-0.15, -0.1) is 11.8 Å². The highest BCUT2D eigenvalue weighted by molar-refractivity contribution is 8.00. The summed E-state index contributed by atoms with van der Waals surface area (Å²) < 4.78 is 0. The number of anilines is 1. The van der Waals surface area contributed by atoms with Gasteiger partial charge in [0.2, 0.25) is 0 Å². The van der Waals surface area contributed by atoms with Gasteiger partial charge in [-0.3, -0.25) is 0 Å². The molecule has 1 fully saturated rings. The standard InChI is InChI=1S/C22H27NS/c1-13(2)23-18-11-7-5-9-16(18)20-14(3)15(4)21-17-10-6-8-12-19(17)24-22(20)21/h5-15,20-23H,1-4H3. The van der Waals surface area contributed by atoms with Crippen molar-refractivity contribution in [3.63, 3.8) is 0 Å². The third kappa shape index (κ3) is 2.47. The average Bonchev–Trinajstić information content (AvgIpc) is 3.04. The van der Waals surface area contributed by atoms with Crippen molar-refractivity contribution in [1.82, 2.24) is 0 Å². The van der Waals surface area contributed by atoms with E-state index in [1.54, 1.807) is 5.56 Å². The maximum absolute atomic E-state index is 3.68. The summed E-state index contributed by atoms with van der Waals surface area (Å²) in [7, 11) is 0. The molecule has 2 heteroatoms. The van der Waals surface area contributed by atoms with Crippen LogP contribution in [0.15, 0.2) is 53.4 Å². The van der Waals surface area contributed by atoms with Crippen LogP contribution in [0.25, 0.3) is 0 Å². The molecule has 1 saturated carbocycles. The second-order valence-electron chi connectivity index (χ2n) is 7.78. The third-order valence-corrected chi connectivity index (χ3v) is 7.46. The Kier molecular flexibility index (Phi) is 4.12. The second-order valence-corrected chi connectivity index (χ2v) is 9.00. The van der Waals surface area contributed by atoms with Gasteiger partial charge in [0.1, 0.15) is 0 Å². The van der Waals surface area contributed by atoms with Crippen LogP contribution in [0.3, 0.4) is 0 Å². The Balaban J connectivity index is 1.76. The Labute approximate surface area is 150 Å². The monoisotopic (exact) mass is 337 g/mol. The topological polar surface area (TPSA) is 12.0 Å². The molecule has 24 heavy (non-hydrogen) atoms. The van der Waals surface area contributed by atoms with Crippen molar-refractivity contribution in [2.24, 2.45) is 11.8 Å². The zero-order valence-electron chi connectivity index (χ0n) is 15.0. The quantitative estimate of drug-likeness (QED) is 0.722. The fourth-order valence-corrected chi connectivity index (χ4v) is 6.66. The van der Waals surface area contributed by atoms with Crippen LogP contribution in [-0.2, 0) is 0 Å². The SMILES string of the molecule is CC(C)Nc1ccccc1C1C(C)C(C)C2c3ccccc3SC12. The van der Waals surface area contributed by atoms with E-state index in [9.17, 15) is 0 Å². The van der Waals surface area contributed by atoms with Crippen molar-refractivity contribution < 1.29 is 0 Å². The Hall–Kier alpha value is -1.41. The first-order valence-corrected chi connectivity index (χ1v) is 10.1. The first kappa shape index (κ1) is 16.1. The van der Waals surface area contributed by atoms with Gasteiger partial charge in [0.15, 0.2) is 0 Å². The molecule has 0 saturated heterocycles. The van der Waals surface area contributed by atoms with Crippen LogP contribution in [0.1, 0.15) is 50.7 Å². The molecule has 5 unspecified atom stereocenters. The van der Waals surface area contributed by atoms with Gasteiger partial charge in [0.25, 0.3) is 0 Å². The fourth-order valence-electron chi connectivity index (χ4n) is 4.78. The van der Waals surface area contributed by atoms with Crippen LogP contribution in [0, 0.1) is 11.8 Å². The van der Waals surface area contributed by atoms with E-state index in [0.29, 0.717) is 29.0 Å². The van der Waals surface area contributed by atoms with Gasteiger partial charge in [-0.05, 0) is 48.9 Å². The number of nitrogens with one attached hydrogen (secondary N) is 1. The summed E-state index contributed by atoms with van der Waals surface area (Å²) in [4.78, 5) is 1.51. The normalized spacial score (nSPS) is 31.1. The van der Waals surface area contributed by atoms with Crippen LogP contribution in [0.4, 0.5) is 5.69 Å². The summed E-state index contributed by atoms with van der Waals surface area (Å²) >= 11 is 2.12. The van der Waals surface area contributed by atoms with Crippen molar-refractivity contribution >= 4 is 17.4 Å². The van der Waals surface area contributed by atoms with Crippen molar-refractivity contribution in [1.29, 1.82) is 0 Å². The molecule has 1 heterocycles. The Bertz CT molecular complexity index is 738. The molecule has 0 amide bonds. The first-order chi connectivity index (χ1) is 11.6. The Morgan fingerprint density at radius 3 is 2.12 bits per heavy atom. The van der Waals surface area contributed by atoms with E-state index in [1.807, 2.05) is 0 Å². The van der Waals surface area contributed by atoms with Crippen molar-refractivity contribution in [2.75, 3.05) is 5.32 Å². The molecule has 0 aromatic heterocycles. The number of thioether (sulfide) groups is 1. The lowest BCUT2D eigenvalue weighted by Gasteiger charge is -2.26. The molecule has 0 spiro atoms. The van der Waals surface area contributed by atoms with E-state index in [-0.39, 0.29) is 0 Å². The minimum Gasteiger partial charge on any atom is -0.383 e. The minimum absolute atomic E-state index is 0.463. The summed E-state index contributed by atoms with van der Waals surface area (Å²) in [6, 6.07) is 18.5. The number of rotatable bonds is 3. The molecule has 1 aliphatic heterocycles. The molecule has 1 nitrogen and oxygen atoms in total. The number of fused-ring (bicyclic) bond motifs is 3. The summed E-state index contributed by atoms with van der Waals surface area (Å²) in [6.45, 7) is 9.37. The van der Waals surface area contributed by atoms with Gasteiger partial charge in [0.05, 0.1) is 0 Å². The van der Waals surface area contributed by atoms with Gasteiger partial charge in [-0.1, -0.05) is 50.2 Å². The van der Waals surface area contributed by atoms with Crippen LogP contribution in [0.2, 0.25) is 0 Å². The number of hydrogen-bond acceptors (Lipinski definition) is 2. The molecule has 1 N–H and O–H groups in total. The third-order valence-electron chi connectivity index (χ3n) is 5.98. The highest BCUT2D eigenvalue weighted by atomic mass is 32.2. The smallest absolute Gasteiger partial charge is 0.0378 e. The van der Waals surface area contributed by atoms with Crippen molar-refractivity contribution in [3.05, 3.63) is 59.7 Å². The molecule has 0 bridgehead atoms. The van der Waals surface area contributed by atoms with Gasteiger partial charge in [0, 0.05) is 33.7 Å². The molecule has 126 valence electrons. The first-order valence-electron chi connectivity index (χ1n) is 9.19. The fraction of sp³-hybridized carbons (Fsp3) is 0.455. The maximum atomic E-state index is 3.68. The van der Waals surface area contributed by atoms with Gasteiger partial charge in [-0.25, -0.2) is 0 Å². The van der Waals surface area contributed by atoms with E-state index >= 15 is 0 Å². The van der Waals surface area contributed by atoms with E-state index in [2.05, 4.69) is 93.3 Å². The predicted molar refractivity (Wildman–Crippen MR) is 105 cm³/mol. The lowest BCUT2D eigenvalue weighted by molar-refractivity contribution is 0.401. The van der Waals surface area contributed by atoms with Gasteiger partial charge >= 0.3 is 0 Å². The minimum atomic E-state index is 0.463. The van der Waals surface area contributed by atoms with Crippen LogP contribution in [-0.4, -0.2) is 11.3 Å². The molecule has 5 atom stereocenters. The maximum Gasteiger partial charge on any atom is 0.0378 e. The van der Waals surface area contributed by atoms with E-state index < -0.39 is 0 Å². The number of para-hydroxylation sites is 1. The lowest BCUT2D eigenvalue weighted by atomic mass is 9.85. The zero-order chi connectivity index (χ0) is 16.8. The van der Waals surface area contributed by atoms with Crippen LogP contribution in [0.5, 0.6) is 0 Å². The highest BCUT2D eigenvalue weighted by Gasteiger charge is 2.52. The molecule has 0 radical (unpaired) electrons. The van der Waals surface area contributed by atoms with Crippen LogP contribution < -0.4 is 5.32 Å². The molecule has 1 aliphatic carbocycles. The van der Waals surface area contributed by atoms with Crippen LogP contribution >= 0.6 is 11.8 Å². The summed E-state index contributed by atoms with van der Waals surface area (Å²) in [5.41, 5.74) is 4.43. The molecule has 2 aromatic carbocycles. The number of hydrogen-bond donors (Lipinski definition) is 1. The van der Waals surface area contributed by atoms with Gasteiger partial charge < -0.3 is 5.32 Å². The molecule has 2 aliphatic rings. The summed E-state index contributed by atoms with van der Waals surface area (Å²) in [5, 5.41) is 4.35. The Morgan fingerprint density at radius 1 is 0.833 bits per heavy atom. The molecule has 4 rings (SSSR count). The number of benzene rings is 2. The van der Waals surface area contributed by atoms with E-state index in [0.717, 1.165) is 5.92 Å². The predicted octanol–water partition coefficient (Wildman–Crippen LogP) is 6.13. The highest BCUT2D eigenvalue weighted by Crippen LogP contribution is 2.63. The van der Waals surface area contributed by atoms with E-state index in [1.165, 1.54) is 16.1 Å². The molecular formula is C22H27NS. The molecule has 2 aromatic rings. The lowest BCUT2D eigenvalue weighted by Crippen LogP contribution is -2.18. The molecular weight excluding hydrogens is 310 g/mol. The largest absolute Gasteiger partial charge is 0.383 e. The Morgan fingerprint density at radius 2 is 1.42 bits per heavy atom. The summed E-state index contributed by atoms with van der Waals surface area (Å²) in [6.07, 6.45) is 0. The van der Waals surface area contributed by atoms with Gasteiger partial charge in [-0.2, -0.15) is 0 Å². The average molecular weight is 338 g/mol. The van der Waals surface area contributed by atoms with E-state index in [4.69, 9.17) is 0 Å². The van der Waals surface area contributed by atoms with Crippen molar-refractivity contribution in [3.8, 4) is 0 Å². The summed E-state index contributed by atoms with van der Waals surface area (Å²) in [5.74, 6) is 2.74. The van der Waals surface area contributed by atoms with Crippen molar-refractivity contribution in [2.45, 2.75) is 55.7 Å². The zero-order valence-corrected chi connectivity index (χ0v) is 15.8.